The van der Waals surface area contributed by atoms with E-state index in [4.69, 9.17) is 9.73 Å². The third kappa shape index (κ3) is 5.36. The third-order valence-corrected chi connectivity index (χ3v) is 8.50. The number of aromatic nitrogens is 1. The lowest BCUT2D eigenvalue weighted by molar-refractivity contribution is -0.138. The zero-order valence-corrected chi connectivity index (χ0v) is 23.2. The first-order valence-electron chi connectivity index (χ1n) is 11.7. The topological polar surface area (TPSA) is 104 Å². The molecule has 38 heavy (non-hydrogen) atoms. The highest BCUT2D eigenvalue weighted by Crippen LogP contribution is 2.49. The number of amidine groups is 1. The summed E-state index contributed by atoms with van der Waals surface area (Å²) in [6.45, 7) is 2.08. The number of thiazole rings is 1. The first-order valence-corrected chi connectivity index (χ1v) is 13.4. The number of halogens is 4. The van der Waals surface area contributed by atoms with Gasteiger partial charge in [0.05, 0.1) is 19.2 Å². The number of carboxylic acids is 1. The summed E-state index contributed by atoms with van der Waals surface area (Å²) in [6, 6.07) is 2.22. The van der Waals surface area contributed by atoms with Crippen molar-refractivity contribution in [1.29, 1.82) is 0 Å². The quantitative estimate of drug-likeness (QED) is 0.413. The Morgan fingerprint density at radius 1 is 1.34 bits per heavy atom. The van der Waals surface area contributed by atoms with E-state index in [1.54, 1.807) is 11.6 Å². The molecule has 2 aliphatic rings. The lowest BCUT2D eigenvalue weighted by atomic mass is 9.79. The molecule has 0 bridgehead atoms. The number of benzene rings is 1. The highest BCUT2D eigenvalue weighted by atomic mass is 79.9. The fourth-order valence-corrected chi connectivity index (χ4v) is 6.07. The molecule has 1 fully saturated rings. The van der Waals surface area contributed by atoms with Crippen molar-refractivity contribution < 1.29 is 32.6 Å². The number of nitrogens with one attached hydrogen (secondary N) is 1. The van der Waals surface area contributed by atoms with Crippen molar-refractivity contribution in [2.24, 2.45) is 10.4 Å². The number of rotatable bonds is 8. The minimum absolute atomic E-state index is 0.000867. The van der Waals surface area contributed by atoms with Gasteiger partial charge in [0.2, 0.25) is 0 Å². The summed E-state index contributed by atoms with van der Waals surface area (Å²) in [5, 5.41) is 14.6. The van der Waals surface area contributed by atoms with Crippen LogP contribution in [0.5, 0.6) is 0 Å². The van der Waals surface area contributed by atoms with Gasteiger partial charge in [-0.1, -0.05) is 35.8 Å². The SMILES string of the molecule is COC(=O)C1=C(CN2CC(F)(F)C(C)(C)[C@H]2CCC(=O)O)NC(c2nccs2)=N[C@H]1c1ccc(F)cc1Br. The Kier molecular flexibility index (Phi) is 8.01. The van der Waals surface area contributed by atoms with Crippen LogP contribution < -0.4 is 5.32 Å². The Bertz CT molecular complexity index is 1300. The molecular formula is C25H26BrF3N4O4S. The van der Waals surface area contributed by atoms with Gasteiger partial charge in [-0.05, 0) is 24.1 Å². The molecule has 0 spiro atoms. The third-order valence-electron chi connectivity index (χ3n) is 7.03. The molecule has 204 valence electrons. The molecular weight excluding hydrogens is 589 g/mol. The van der Waals surface area contributed by atoms with E-state index in [1.807, 2.05) is 0 Å². The standard InChI is InChI=1S/C25H26BrF3N4O4S/c1-24(2)17(6-7-18(34)35)33(12-25(24,28)29)11-16-19(23(36)37-3)20(14-5-4-13(27)10-15(14)26)32-21(31-16)22-30-8-9-38-22/h4-5,8-10,17,20H,6-7,11-12H2,1-3H3,(H,31,32)(H,34,35)/t17-,20+/m1/s1. The van der Waals surface area contributed by atoms with Gasteiger partial charge in [-0.3, -0.25) is 14.7 Å². The van der Waals surface area contributed by atoms with Gasteiger partial charge in [0.25, 0.3) is 5.92 Å². The number of carbonyl (C=O) groups excluding carboxylic acids is 1. The maximum absolute atomic E-state index is 15.2. The number of carbonyl (C=O) groups is 2. The van der Waals surface area contributed by atoms with E-state index in [0.717, 1.165) is 0 Å². The molecule has 0 saturated carbocycles. The van der Waals surface area contributed by atoms with Crippen molar-refractivity contribution in [3.63, 3.8) is 0 Å². The zero-order valence-electron chi connectivity index (χ0n) is 20.8. The molecule has 1 saturated heterocycles. The van der Waals surface area contributed by atoms with Crippen molar-refractivity contribution in [2.75, 3.05) is 20.2 Å². The monoisotopic (exact) mass is 614 g/mol. The van der Waals surface area contributed by atoms with Gasteiger partial charge >= 0.3 is 11.9 Å². The molecule has 2 aliphatic heterocycles. The summed E-state index contributed by atoms with van der Waals surface area (Å²) in [5.74, 6) is -5.10. The van der Waals surface area contributed by atoms with E-state index >= 15 is 8.78 Å². The fraction of sp³-hybridized carbons (Fsp3) is 0.440. The van der Waals surface area contributed by atoms with Crippen LogP contribution in [0.25, 0.3) is 0 Å². The van der Waals surface area contributed by atoms with Gasteiger partial charge in [-0.15, -0.1) is 11.3 Å². The second-order valence-corrected chi connectivity index (χ2v) is 11.4. The Hall–Kier alpha value is -2.77. The predicted molar refractivity (Wildman–Crippen MR) is 139 cm³/mol. The Morgan fingerprint density at radius 3 is 2.68 bits per heavy atom. The summed E-state index contributed by atoms with van der Waals surface area (Å²) in [5.41, 5.74) is -0.707. The van der Waals surface area contributed by atoms with Crippen molar-refractivity contribution in [3.05, 3.63) is 61.9 Å². The molecule has 0 aliphatic carbocycles. The minimum Gasteiger partial charge on any atom is -0.481 e. The number of alkyl halides is 2. The van der Waals surface area contributed by atoms with Gasteiger partial charge in [-0.25, -0.2) is 22.9 Å². The highest BCUT2D eigenvalue weighted by molar-refractivity contribution is 9.10. The smallest absolute Gasteiger partial charge is 0.338 e. The van der Waals surface area contributed by atoms with E-state index in [2.05, 4.69) is 26.2 Å². The van der Waals surface area contributed by atoms with Crippen molar-refractivity contribution in [3.8, 4) is 0 Å². The van der Waals surface area contributed by atoms with Crippen LogP contribution in [0.4, 0.5) is 13.2 Å². The minimum atomic E-state index is -3.11. The molecule has 1 aromatic heterocycles. The number of aliphatic imine (C=N–C) groups is 1. The predicted octanol–water partition coefficient (Wildman–Crippen LogP) is 4.77. The van der Waals surface area contributed by atoms with Crippen LogP contribution in [-0.2, 0) is 14.3 Å². The van der Waals surface area contributed by atoms with Crippen LogP contribution in [0.3, 0.4) is 0 Å². The van der Waals surface area contributed by atoms with E-state index < -0.39 is 47.7 Å². The molecule has 0 amide bonds. The average Bonchev–Trinajstić information content (AvgIpc) is 3.42. The van der Waals surface area contributed by atoms with Gasteiger partial charge < -0.3 is 15.2 Å². The summed E-state index contributed by atoms with van der Waals surface area (Å²) >= 11 is 4.64. The van der Waals surface area contributed by atoms with Gasteiger partial charge in [0.1, 0.15) is 11.9 Å². The molecule has 0 unspecified atom stereocenters. The molecule has 2 aromatic rings. The van der Waals surface area contributed by atoms with Crippen LogP contribution in [0.15, 0.2) is 50.5 Å². The normalized spacial score (nSPS) is 22.7. The van der Waals surface area contributed by atoms with Crippen molar-refractivity contribution >= 4 is 45.0 Å². The van der Waals surface area contributed by atoms with E-state index in [-0.39, 0.29) is 30.7 Å². The number of likely N-dealkylation sites (tertiary alicyclic amines) is 1. The first kappa shape index (κ1) is 28.2. The molecule has 13 heteroatoms. The summed E-state index contributed by atoms with van der Waals surface area (Å²) in [6.07, 6.45) is 1.30. The van der Waals surface area contributed by atoms with Crippen LogP contribution in [0, 0.1) is 11.2 Å². The zero-order chi connectivity index (χ0) is 27.8. The Labute approximate surface area is 229 Å². The molecule has 0 radical (unpaired) electrons. The number of aliphatic carboxylic acids is 1. The van der Waals surface area contributed by atoms with Crippen LogP contribution >= 0.6 is 27.3 Å². The van der Waals surface area contributed by atoms with Crippen molar-refractivity contribution in [2.45, 2.75) is 44.7 Å². The number of methoxy groups -OCH3 is 1. The Balaban J connectivity index is 1.83. The van der Waals surface area contributed by atoms with Gasteiger partial charge in [0.15, 0.2) is 10.8 Å². The largest absolute Gasteiger partial charge is 0.481 e. The second-order valence-electron chi connectivity index (χ2n) is 9.67. The number of ether oxygens (including phenoxy) is 1. The molecule has 4 rings (SSSR count). The second kappa shape index (κ2) is 10.8. The Morgan fingerprint density at radius 2 is 2.08 bits per heavy atom. The van der Waals surface area contributed by atoms with Crippen LogP contribution in [0.1, 0.15) is 43.3 Å². The molecule has 3 heterocycles. The van der Waals surface area contributed by atoms with E-state index in [9.17, 15) is 19.1 Å². The average molecular weight is 615 g/mol. The number of nitrogens with zero attached hydrogens (tertiary/aromatic N) is 3. The summed E-state index contributed by atoms with van der Waals surface area (Å²) in [7, 11) is 1.20. The van der Waals surface area contributed by atoms with E-state index in [1.165, 1.54) is 55.4 Å². The number of carboxylic acid groups (broad SMARTS) is 1. The van der Waals surface area contributed by atoms with Crippen molar-refractivity contribution in [1.82, 2.24) is 15.2 Å². The molecule has 1 aromatic carbocycles. The van der Waals surface area contributed by atoms with Gasteiger partial charge in [-0.2, -0.15) is 0 Å². The lowest BCUT2D eigenvalue weighted by Crippen LogP contribution is -2.44. The number of hydrogen-bond acceptors (Lipinski definition) is 8. The molecule has 2 N–H and O–H groups in total. The van der Waals surface area contributed by atoms with E-state index in [0.29, 0.717) is 20.9 Å². The van der Waals surface area contributed by atoms with Crippen LogP contribution in [-0.4, -0.2) is 64.9 Å². The maximum atomic E-state index is 15.2. The van der Waals surface area contributed by atoms with Gasteiger partial charge in [0, 0.05) is 46.2 Å². The molecule has 8 nitrogen and oxygen atoms in total. The number of esters is 1. The fourth-order valence-electron chi connectivity index (χ4n) is 4.91. The maximum Gasteiger partial charge on any atom is 0.338 e. The lowest BCUT2D eigenvalue weighted by Gasteiger charge is -2.35. The summed E-state index contributed by atoms with van der Waals surface area (Å²) < 4.78 is 49.6. The molecule has 2 atom stereocenters. The highest BCUT2D eigenvalue weighted by Gasteiger charge is 2.60. The number of hydrogen-bond donors (Lipinski definition) is 2. The summed E-state index contributed by atoms with van der Waals surface area (Å²) in [4.78, 5) is 34.9. The van der Waals surface area contributed by atoms with Crippen LogP contribution in [0.2, 0.25) is 0 Å². The first-order chi connectivity index (χ1) is 17.9.